The van der Waals surface area contributed by atoms with Crippen molar-refractivity contribution in [1.29, 1.82) is 0 Å². The van der Waals surface area contributed by atoms with Gasteiger partial charge in [-0.15, -0.1) is 0 Å². The maximum absolute atomic E-state index is 5.15. The molecule has 0 aliphatic heterocycles. The highest BCUT2D eigenvalue weighted by atomic mass is 32.1. The second kappa shape index (κ2) is 2.90. The SMILES string of the molecule is Cc1ccc2[nH]c3c([S-])ncnc3c2c1. The number of aryl methyl sites for hydroxylation is 1. The minimum atomic E-state index is 0.578. The summed E-state index contributed by atoms with van der Waals surface area (Å²) in [5, 5.41) is 1.69. The maximum atomic E-state index is 5.15. The van der Waals surface area contributed by atoms with E-state index in [2.05, 4.69) is 34.0 Å². The number of nitrogens with zero attached hydrogens (tertiary/aromatic N) is 2. The molecule has 0 fully saturated rings. The van der Waals surface area contributed by atoms with Crippen LogP contribution >= 0.6 is 0 Å². The lowest BCUT2D eigenvalue weighted by Gasteiger charge is -2.02. The Morgan fingerprint density at radius 3 is 3.00 bits per heavy atom. The number of rotatable bonds is 0. The Labute approximate surface area is 92.0 Å². The molecule has 4 heteroatoms. The van der Waals surface area contributed by atoms with Gasteiger partial charge in [0.05, 0.1) is 11.0 Å². The molecule has 3 rings (SSSR count). The van der Waals surface area contributed by atoms with Crippen LogP contribution in [0.2, 0.25) is 0 Å². The van der Waals surface area contributed by atoms with Crippen molar-refractivity contribution >= 4 is 34.6 Å². The van der Waals surface area contributed by atoms with Crippen molar-refractivity contribution in [3.63, 3.8) is 0 Å². The van der Waals surface area contributed by atoms with E-state index < -0.39 is 0 Å². The number of fused-ring (bicyclic) bond motifs is 3. The Hall–Kier alpha value is -1.68. The lowest BCUT2D eigenvalue weighted by atomic mass is 10.2. The quantitative estimate of drug-likeness (QED) is 0.461. The summed E-state index contributed by atoms with van der Waals surface area (Å²) in [4.78, 5) is 11.5. The number of hydrogen-bond acceptors (Lipinski definition) is 3. The van der Waals surface area contributed by atoms with Crippen LogP contribution in [-0.4, -0.2) is 15.0 Å². The summed E-state index contributed by atoms with van der Waals surface area (Å²) in [7, 11) is 0. The van der Waals surface area contributed by atoms with E-state index in [1.807, 2.05) is 6.07 Å². The standard InChI is InChI=1S/C11H9N3S/c1-6-2-3-8-7(4-6)9-10(14-8)11(15)13-5-12-9/h2-5,14H,1H3,(H,12,13,15)/p-1. The fourth-order valence-corrected chi connectivity index (χ4v) is 1.98. The lowest BCUT2D eigenvalue weighted by Crippen LogP contribution is -1.83. The van der Waals surface area contributed by atoms with Crippen molar-refractivity contribution in [2.75, 3.05) is 0 Å². The van der Waals surface area contributed by atoms with Crippen LogP contribution in [0, 0.1) is 6.92 Å². The van der Waals surface area contributed by atoms with Gasteiger partial charge in [-0.2, -0.15) is 0 Å². The monoisotopic (exact) mass is 214 g/mol. The average Bonchev–Trinajstić information content (AvgIpc) is 2.58. The molecule has 0 unspecified atom stereocenters. The molecule has 0 aliphatic rings. The van der Waals surface area contributed by atoms with Crippen LogP contribution in [0.5, 0.6) is 0 Å². The third kappa shape index (κ3) is 1.18. The summed E-state index contributed by atoms with van der Waals surface area (Å²) < 4.78 is 0. The van der Waals surface area contributed by atoms with E-state index in [1.54, 1.807) is 0 Å². The molecule has 15 heavy (non-hydrogen) atoms. The van der Waals surface area contributed by atoms with Crippen LogP contribution in [0.4, 0.5) is 0 Å². The molecular formula is C11H8N3S-. The molecule has 3 aromatic rings. The number of H-pyrrole nitrogens is 1. The molecule has 1 aromatic carbocycles. The molecule has 0 spiro atoms. The second-order valence-corrected chi connectivity index (χ2v) is 3.96. The Morgan fingerprint density at radius 2 is 2.13 bits per heavy atom. The summed E-state index contributed by atoms with van der Waals surface area (Å²) in [5.41, 5.74) is 4.04. The molecule has 0 radical (unpaired) electrons. The zero-order chi connectivity index (χ0) is 10.4. The van der Waals surface area contributed by atoms with Crippen LogP contribution < -0.4 is 0 Å². The predicted molar refractivity (Wildman–Crippen MR) is 61.8 cm³/mol. The van der Waals surface area contributed by atoms with Crippen molar-refractivity contribution in [2.45, 2.75) is 11.9 Å². The van der Waals surface area contributed by atoms with Gasteiger partial charge < -0.3 is 17.6 Å². The normalized spacial score (nSPS) is 11.3. The molecular weight excluding hydrogens is 206 g/mol. The van der Waals surface area contributed by atoms with Gasteiger partial charge in [0.25, 0.3) is 0 Å². The summed E-state index contributed by atoms with van der Waals surface area (Å²) in [5.74, 6) is 0. The minimum absolute atomic E-state index is 0.578. The van der Waals surface area contributed by atoms with Gasteiger partial charge in [-0.1, -0.05) is 16.7 Å². The van der Waals surface area contributed by atoms with Crippen LogP contribution in [0.1, 0.15) is 5.56 Å². The van der Waals surface area contributed by atoms with Gasteiger partial charge in [-0.05, 0) is 19.1 Å². The van der Waals surface area contributed by atoms with Gasteiger partial charge in [0.1, 0.15) is 6.33 Å². The van der Waals surface area contributed by atoms with Crippen molar-refractivity contribution in [1.82, 2.24) is 15.0 Å². The Morgan fingerprint density at radius 1 is 1.27 bits per heavy atom. The molecule has 0 saturated carbocycles. The van der Waals surface area contributed by atoms with E-state index in [4.69, 9.17) is 12.6 Å². The van der Waals surface area contributed by atoms with Gasteiger partial charge in [-0.3, -0.25) is 4.98 Å². The summed E-state index contributed by atoms with van der Waals surface area (Å²) in [6.45, 7) is 2.06. The first kappa shape index (κ1) is 8.61. The predicted octanol–water partition coefficient (Wildman–Crippen LogP) is 2.33. The third-order valence-corrected chi connectivity index (χ3v) is 2.81. The topological polar surface area (TPSA) is 41.6 Å². The van der Waals surface area contributed by atoms with E-state index in [9.17, 15) is 0 Å². The molecule has 3 nitrogen and oxygen atoms in total. The fourth-order valence-electron chi connectivity index (χ4n) is 1.78. The highest BCUT2D eigenvalue weighted by Crippen LogP contribution is 2.25. The largest absolute Gasteiger partial charge is 0.758 e. The smallest absolute Gasteiger partial charge is 0.114 e. The number of aromatic nitrogens is 3. The molecule has 1 N–H and O–H groups in total. The first-order valence-electron chi connectivity index (χ1n) is 4.66. The van der Waals surface area contributed by atoms with E-state index in [0.717, 1.165) is 21.9 Å². The van der Waals surface area contributed by atoms with Gasteiger partial charge in [-0.25, -0.2) is 4.98 Å². The minimum Gasteiger partial charge on any atom is -0.758 e. The van der Waals surface area contributed by atoms with E-state index in [1.165, 1.54) is 11.9 Å². The van der Waals surface area contributed by atoms with Crippen molar-refractivity contribution in [3.05, 3.63) is 30.1 Å². The van der Waals surface area contributed by atoms with Crippen molar-refractivity contribution in [2.24, 2.45) is 0 Å². The summed E-state index contributed by atoms with van der Waals surface area (Å²) >= 11 is 5.15. The fraction of sp³-hybridized carbons (Fsp3) is 0.0909. The van der Waals surface area contributed by atoms with Crippen LogP contribution in [0.25, 0.3) is 21.9 Å². The van der Waals surface area contributed by atoms with E-state index >= 15 is 0 Å². The van der Waals surface area contributed by atoms with E-state index in [0.29, 0.717) is 5.03 Å². The highest BCUT2D eigenvalue weighted by molar-refractivity contribution is 7.59. The molecule has 0 bridgehead atoms. The molecule has 0 amide bonds. The Bertz CT molecular complexity index is 657. The zero-order valence-electron chi connectivity index (χ0n) is 8.11. The number of benzene rings is 1. The van der Waals surface area contributed by atoms with Crippen LogP contribution in [0.3, 0.4) is 0 Å². The number of nitrogens with one attached hydrogen (secondary N) is 1. The van der Waals surface area contributed by atoms with Gasteiger partial charge in [0.2, 0.25) is 0 Å². The number of hydrogen-bond donors (Lipinski definition) is 1. The molecule has 2 aromatic heterocycles. The Kier molecular flexibility index (Phi) is 1.67. The maximum Gasteiger partial charge on any atom is 0.114 e. The second-order valence-electron chi connectivity index (χ2n) is 3.58. The molecule has 0 saturated heterocycles. The molecule has 0 atom stereocenters. The van der Waals surface area contributed by atoms with Gasteiger partial charge in [0, 0.05) is 10.9 Å². The van der Waals surface area contributed by atoms with Gasteiger partial charge >= 0.3 is 0 Å². The number of aromatic amines is 1. The average molecular weight is 214 g/mol. The Balaban J connectivity index is 2.58. The lowest BCUT2D eigenvalue weighted by molar-refractivity contribution is 1.10. The van der Waals surface area contributed by atoms with E-state index in [-0.39, 0.29) is 0 Å². The van der Waals surface area contributed by atoms with Gasteiger partial charge in [0.15, 0.2) is 0 Å². The third-order valence-electron chi connectivity index (χ3n) is 2.50. The highest BCUT2D eigenvalue weighted by Gasteiger charge is 2.04. The molecule has 74 valence electrons. The molecule has 0 aliphatic carbocycles. The molecule has 2 heterocycles. The first-order valence-corrected chi connectivity index (χ1v) is 5.06. The van der Waals surface area contributed by atoms with Crippen LogP contribution in [0.15, 0.2) is 29.6 Å². The first-order chi connectivity index (χ1) is 7.25. The van der Waals surface area contributed by atoms with Crippen molar-refractivity contribution in [3.8, 4) is 0 Å². The zero-order valence-corrected chi connectivity index (χ0v) is 8.93. The summed E-state index contributed by atoms with van der Waals surface area (Å²) in [6, 6.07) is 6.21. The van der Waals surface area contributed by atoms with Crippen LogP contribution in [-0.2, 0) is 12.6 Å². The summed E-state index contributed by atoms with van der Waals surface area (Å²) in [6.07, 6.45) is 1.51. The van der Waals surface area contributed by atoms with Crippen molar-refractivity contribution < 1.29 is 0 Å².